The van der Waals surface area contributed by atoms with Crippen molar-refractivity contribution in [2.75, 3.05) is 25.0 Å². The van der Waals surface area contributed by atoms with Gasteiger partial charge < -0.3 is 15.0 Å². The normalized spacial score (nSPS) is 18.8. The number of nitrogens with zero attached hydrogens (tertiary/aromatic N) is 1. The van der Waals surface area contributed by atoms with E-state index in [1.807, 2.05) is 49.5 Å². The molecule has 1 aliphatic rings. The van der Waals surface area contributed by atoms with Crippen LogP contribution >= 0.6 is 11.3 Å². The largest absolute Gasteiger partial charge is 0.466 e. The second kappa shape index (κ2) is 10.9. The molecule has 4 rings (SSSR count). The number of carbonyl (C=O) groups excluding carboxylic acids is 2. The minimum Gasteiger partial charge on any atom is -0.466 e. The number of ether oxygens (including phenoxy) is 1. The summed E-state index contributed by atoms with van der Waals surface area (Å²) in [5, 5.41) is 4.08. The van der Waals surface area contributed by atoms with Gasteiger partial charge in [0.2, 0.25) is 0 Å². The minimum atomic E-state index is -0.107. The van der Waals surface area contributed by atoms with Gasteiger partial charge in [0.15, 0.2) is 0 Å². The van der Waals surface area contributed by atoms with E-state index in [0.717, 1.165) is 42.1 Å². The zero-order valence-electron chi connectivity index (χ0n) is 20.0. The Morgan fingerprint density at radius 1 is 1.15 bits per heavy atom. The Hall–Kier alpha value is -3.03. The molecule has 1 aliphatic heterocycles. The first-order valence-electron chi connectivity index (χ1n) is 11.9. The van der Waals surface area contributed by atoms with E-state index in [4.69, 9.17) is 4.74 Å². The molecular weight excluding hydrogens is 446 g/mol. The van der Waals surface area contributed by atoms with E-state index in [1.54, 1.807) is 17.5 Å². The Labute approximate surface area is 205 Å². The number of likely N-dealkylation sites (tertiary alicyclic amines) is 1. The number of piperidine rings is 1. The number of anilines is 1. The number of benzene rings is 1. The number of thiophene rings is 1. The molecule has 178 valence electrons. The number of esters is 1. The van der Waals surface area contributed by atoms with E-state index in [0.29, 0.717) is 12.2 Å². The summed E-state index contributed by atoms with van der Waals surface area (Å²) in [5.41, 5.74) is 4.09. The second-order valence-electron chi connectivity index (χ2n) is 8.75. The predicted molar refractivity (Wildman–Crippen MR) is 134 cm³/mol. The van der Waals surface area contributed by atoms with E-state index >= 15 is 0 Å². The summed E-state index contributed by atoms with van der Waals surface area (Å²) in [5.74, 6) is -0.234. The molecule has 6 nitrogen and oxygen atoms in total. The molecule has 3 aromatic rings. The average Bonchev–Trinajstić information content (AvgIpc) is 3.14. The van der Waals surface area contributed by atoms with Crippen molar-refractivity contribution in [2.45, 2.75) is 39.7 Å². The Morgan fingerprint density at radius 3 is 2.53 bits per heavy atom. The molecule has 0 saturated carbocycles. The van der Waals surface area contributed by atoms with Crippen molar-refractivity contribution in [2.24, 2.45) is 5.92 Å². The van der Waals surface area contributed by atoms with E-state index in [1.165, 1.54) is 15.3 Å². The molecule has 2 aromatic heterocycles. The summed E-state index contributed by atoms with van der Waals surface area (Å²) in [7, 11) is 0. The Morgan fingerprint density at radius 2 is 1.88 bits per heavy atom. The molecule has 0 aliphatic carbocycles. The molecule has 3 heterocycles. The lowest BCUT2D eigenvalue weighted by molar-refractivity contribution is -0.931. The SMILES string of the molecule is CCOC(=O)C1CC[NH+](C(c2cccnc2)c2c(NC(=O)c3ccccc3)sc(C)c2C)CC1. The Balaban J connectivity index is 1.67. The van der Waals surface area contributed by atoms with Crippen LogP contribution in [-0.4, -0.2) is 36.6 Å². The summed E-state index contributed by atoms with van der Waals surface area (Å²) >= 11 is 1.62. The molecule has 1 aromatic carbocycles. The minimum absolute atomic E-state index is 0.0212. The molecule has 34 heavy (non-hydrogen) atoms. The van der Waals surface area contributed by atoms with Crippen molar-refractivity contribution >= 4 is 28.2 Å². The second-order valence-corrected chi connectivity index (χ2v) is 9.97. The van der Waals surface area contributed by atoms with Gasteiger partial charge >= 0.3 is 5.97 Å². The third-order valence-corrected chi connectivity index (χ3v) is 7.80. The molecule has 7 heteroatoms. The topological polar surface area (TPSA) is 72.7 Å². The number of nitrogens with one attached hydrogen (secondary N) is 2. The van der Waals surface area contributed by atoms with Gasteiger partial charge in [-0.2, -0.15) is 0 Å². The zero-order valence-corrected chi connectivity index (χ0v) is 20.8. The van der Waals surface area contributed by atoms with Crippen molar-refractivity contribution < 1.29 is 19.2 Å². The summed E-state index contributed by atoms with van der Waals surface area (Å²) < 4.78 is 5.27. The number of carbonyl (C=O) groups is 2. The average molecular weight is 479 g/mol. The predicted octanol–water partition coefficient (Wildman–Crippen LogP) is 3.96. The van der Waals surface area contributed by atoms with Crippen molar-refractivity contribution in [1.29, 1.82) is 0 Å². The van der Waals surface area contributed by atoms with E-state index < -0.39 is 0 Å². The number of hydrogen-bond donors (Lipinski definition) is 2. The van der Waals surface area contributed by atoms with Gasteiger partial charge in [0.05, 0.1) is 31.2 Å². The first kappa shape index (κ1) is 24.1. The van der Waals surface area contributed by atoms with E-state index in [2.05, 4.69) is 30.2 Å². The highest BCUT2D eigenvalue weighted by atomic mass is 32.1. The zero-order chi connectivity index (χ0) is 24.1. The smallest absolute Gasteiger partial charge is 0.309 e. The van der Waals surface area contributed by atoms with Crippen LogP contribution in [0, 0.1) is 19.8 Å². The van der Waals surface area contributed by atoms with Crippen molar-refractivity contribution in [3.05, 3.63) is 82.0 Å². The van der Waals surface area contributed by atoms with Crippen molar-refractivity contribution in [1.82, 2.24) is 4.98 Å². The maximum Gasteiger partial charge on any atom is 0.309 e. The molecule has 0 radical (unpaired) electrons. The van der Waals surface area contributed by atoms with Crippen LogP contribution in [-0.2, 0) is 9.53 Å². The number of pyridine rings is 1. The third kappa shape index (κ3) is 5.21. The summed E-state index contributed by atoms with van der Waals surface area (Å²) in [6.45, 7) is 8.20. The lowest BCUT2D eigenvalue weighted by Gasteiger charge is -2.34. The summed E-state index contributed by atoms with van der Waals surface area (Å²) in [4.78, 5) is 32.3. The number of aromatic nitrogens is 1. The van der Waals surface area contributed by atoms with Crippen LogP contribution in [0.15, 0.2) is 54.9 Å². The first-order valence-corrected chi connectivity index (χ1v) is 12.7. The highest BCUT2D eigenvalue weighted by molar-refractivity contribution is 7.16. The van der Waals surface area contributed by atoms with Crippen LogP contribution in [0.3, 0.4) is 0 Å². The van der Waals surface area contributed by atoms with Crippen LogP contribution in [0.25, 0.3) is 0 Å². The van der Waals surface area contributed by atoms with Gasteiger partial charge in [-0.05, 0) is 50.6 Å². The molecule has 1 atom stereocenters. The monoisotopic (exact) mass is 478 g/mol. The molecule has 1 fully saturated rings. The maximum atomic E-state index is 13.0. The van der Waals surface area contributed by atoms with E-state index in [9.17, 15) is 9.59 Å². The van der Waals surface area contributed by atoms with Gasteiger partial charge in [-0.15, -0.1) is 11.3 Å². The molecule has 1 unspecified atom stereocenters. The fraction of sp³-hybridized carbons (Fsp3) is 0.370. The van der Waals surface area contributed by atoms with Gasteiger partial charge in [-0.1, -0.05) is 18.2 Å². The summed E-state index contributed by atoms with van der Waals surface area (Å²) in [6.07, 6.45) is 5.29. The Kier molecular flexibility index (Phi) is 7.75. The molecule has 1 saturated heterocycles. The Bertz CT molecular complexity index is 1120. The van der Waals surface area contributed by atoms with Gasteiger partial charge in [-0.25, -0.2) is 0 Å². The first-order chi connectivity index (χ1) is 16.5. The third-order valence-electron chi connectivity index (χ3n) is 6.66. The van der Waals surface area contributed by atoms with Gasteiger partial charge in [-0.3, -0.25) is 14.6 Å². The standard InChI is InChI=1S/C27H31N3O3S/c1-4-33-27(32)21-12-15-30(16-13-21)24(22-11-8-14-28-17-22)23-18(2)19(3)34-26(23)29-25(31)20-9-6-5-7-10-20/h5-11,14,17,21,24H,4,12-13,15-16H2,1-3H3,(H,29,31)/p+1. The van der Waals surface area contributed by atoms with Gasteiger partial charge in [0.25, 0.3) is 5.91 Å². The van der Waals surface area contributed by atoms with Gasteiger partial charge in [0, 0.05) is 41.2 Å². The summed E-state index contributed by atoms with van der Waals surface area (Å²) in [6, 6.07) is 13.4. The molecule has 0 spiro atoms. The number of amides is 1. The van der Waals surface area contributed by atoms with Crippen molar-refractivity contribution in [3.63, 3.8) is 0 Å². The molecule has 2 N–H and O–H groups in total. The van der Waals surface area contributed by atoms with Crippen LogP contribution < -0.4 is 10.2 Å². The van der Waals surface area contributed by atoms with E-state index in [-0.39, 0.29) is 23.8 Å². The maximum absolute atomic E-state index is 13.0. The van der Waals surface area contributed by atoms with Crippen LogP contribution in [0.5, 0.6) is 0 Å². The molecule has 0 bridgehead atoms. The highest BCUT2D eigenvalue weighted by Gasteiger charge is 2.37. The highest BCUT2D eigenvalue weighted by Crippen LogP contribution is 2.38. The fourth-order valence-electron chi connectivity index (χ4n) is 4.78. The van der Waals surface area contributed by atoms with Gasteiger partial charge in [0.1, 0.15) is 11.0 Å². The van der Waals surface area contributed by atoms with Crippen LogP contribution in [0.2, 0.25) is 0 Å². The number of aryl methyl sites for hydroxylation is 1. The van der Waals surface area contributed by atoms with Crippen molar-refractivity contribution in [3.8, 4) is 0 Å². The van der Waals surface area contributed by atoms with Crippen LogP contribution in [0.1, 0.15) is 57.7 Å². The number of quaternary nitrogens is 1. The number of hydrogen-bond acceptors (Lipinski definition) is 5. The van der Waals surface area contributed by atoms with Crippen LogP contribution in [0.4, 0.5) is 5.00 Å². The number of rotatable bonds is 7. The fourth-order valence-corrected chi connectivity index (χ4v) is 5.87. The molecular formula is C27H32N3O3S+. The lowest BCUT2D eigenvalue weighted by atomic mass is 9.91. The quantitative estimate of drug-likeness (QED) is 0.504. The lowest BCUT2D eigenvalue weighted by Crippen LogP contribution is -3.13. The molecule has 1 amide bonds.